The fourth-order valence-corrected chi connectivity index (χ4v) is 2.29. The van der Waals surface area contributed by atoms with Crippen LogP contribution in [0.2, 0.25) is 0 Å². The third kappa shape index (κ3) is 1.95. The van der Waals surface area contributed by atoms with Gasteiger partial charge in [0, 0.05) is 10.4 Å². The molecule has 2 aromatic rings. The molecule has 0 spiro atoms. The number of rotatable bonds is 2. The molecule has 1 aromatic heterocycles. The molecule has 80 valence electrons. The van der Waals surface area contributed by atoms with Crippen molar-refractivity contribution in [1.29, 1.82) is 5.26 Å². The van der Waals surface area contributed by atoms with Crippen molar-refractivity contribution in [1.82, 2.24) is 4.98 Å². The molecular weight excluding hydrogens is 223 g/mol. The van der Waals surface area contributed by atoms with E-state index < -0.39 is 0 Å². The minimum absolute atomic E-state index is 0.266. The van der Waals surface area contributed by atoms with Gasteiger partial charge in [0.2, 0.25) is 0 Å². The zero-order valence-electron chi connectivity index (χ0n) is 8.70. The van der Waals surface area contributed by atoms with Gasteiger partial charge in [-0.3, -0.25) is 0 Å². The molecule has 0 aliphatic rings. The standard InChI is InChI=1S/C12H9FN2S/c1-2-10-12(15-11(7-14)16-10)8-3-5-9(13)6-4-8/h3-6H,2H2,1H3. The fraction of sp³-hybridized carbons (Fsp3) is 0.167. The molecule has 0 aliphatic carbocycles. The highest BCUT2D eigenvalue weighted by Gasteiger charge is 2.11. The van der Waals surface area contributed by atoms with Crippen molar-refractivity contribution in [2.45, 2.75) is 13.3 Å². The highest BCUT2D eigenvalue weighted by molar-refractivity contribution is 7.12. The SMILES string of the molecule is CCc1sc(C#N)nc1-c1ccc(F)cc1. The topological polar surface area (TPSA) is 36.7 Å². The number of aryl methyl sites for hydroxylation is 1. The lowest BCUT2D eigenvalue weighted by Gasteiger charge is -1.99. The van der Waals surface area contributed by atoms with E-state index in [1.54, 1.807) is 12.1 Å². The summed E-state index contributed by atoms with van der Waals surface area (Å²) in [5.41, 5.74) is 1.65. The second-order valence-electron chi connectivity index (χ2n) is 3.26. The normalized spacial score (nSPS) is 10.1. The first kappa shape index (κ1) is 10.8. The number of halogens is 1. The second-order valence-corrected chi connectivity index (χ2v) is 4.35. The van der Waals surface area contributed by atoms with Gasteiger partial charge in [-0.05, 0) is 30.7 Å². The van der Waals surface area contributed by atoms with E-state index in [1.165, 1.54) is 23.5 Å². The molecule has 0 saturated heterocycles. The van der Waals surface area contributed by atoms with Crippen LogP contribution < -0.4 is 0 Å². The summed E-state index contributed by atoms with van der Waals surface area (Å²) in [6, 6.07) is 8.21. The number of nitrogens with zero attached hydrogens (tertiary/aromatic N) is 2. The number of nitriles is 1. The average molecular weight is 232 g/mol. The zero-order chi connectivity index (χ0) is 11.5. The molecule has 2 nitrogen and oxygen atoms in total. The van der Waals surface area contributed by atoms with E-state index in [4.69, 9.17) is 5.26 Å². The summed E-state index contributed by atoms with van der Waals surface area (Å²) in [5, 5.41) is 9.25. The van der Waals surface area contributed by atoms with Gasteiger partial charge < -0.3 is 0 Å². The summed E-state index contributed by atoms with van der Waals surface area (Å²) in [6.07, 6.45) is 0.825. The van der Waals surface area contributed by atoms with Crippen LogP contribution in [0, 0.1) is 17.1 Å². The van der Waals surface area contributed by atoms with Crippen LogP contribution in [0.4, 0.5) is 4.39 Å². The number of hydrogen-bond acceptors (Lipinski definition) is 3. The number of aromatic nitrogens is 1. The Bertz CT molecular complexity index is 537. The van der Waals surface area contributed by atoms with Gasteiger partial charge in [-0.2, -0.15) is 5.26 Å². The van der Waals surface area contributed by atoms with Crippen LogP contribution in [0.25, 0.3) is 11.3 Å². The van der Waals surface area contributed by atoms with Crippen LogP contribution in [-0.2, 0) is 6.42 Å². The van der Waals surface area contributed by atoms with Crippen molar-refractivity contribution in [3.8, 4) is 17.3 Å². The van der Waals surface area contributed by atoms with Gasteiger partial charge in [-0.1, -0.05) is 6.92 Å². The number of thiazole rings is 1. The van der Waals surface area contributed by atoms with Gasteiger partial charge in [0.15, 0.2) is 5.01 Å². The van der Waals surface area contributed by atoms with E-state index in [2.05, 4.69) is 4.98 Å². The molecule has 1 aromatic carbocycles. The highest BCUT2D eigenvalue weighted by Crippen LogP contribution is 2.28. The zero-order valence-corrected chi connectivity index (χ0v) is 9.51. The molecule has 0 N–H and O–H groups in total. The Morgan fingerprint density at radius 2 is 2.06 bits per heavy atom. The highest BCUT2D eigenvalue weighted by atomic mass is 32.1. The summed E-state index contributed by atoms with van der Waals surface area (Å²) in [7, 11) is 0. The van der Waals surface area contributed by atoms with E-state index in [-0.39, 0.29) is 5.82 Å². The molecule has 0 unspecified atom stereocenters. The Morgan fingerprint density at radius 1 is 1.38 bits per heavy atom. The average Bonchev–Trinajstić information content (AvgIpc) is 2.73. The minimum Gasteiger partial charge on any atom is -0.226 e. The molecule has 16 heavy (non-hydrogen) atoms. The van der Waals surface area contributed by atoms with Gasteiger partial charge in [-0.25, -0.2) is 9.37 Å². The predicted octanol–water partition coefficient (Wildman–Crippen LogP) is 3.38. The molecule has 0 saturated carbocycles. The van der Waals surface area contributed by atoms with Crippen LogP contribution in [0.15, 0.2) is 24.3 Å². The van der Waals surface area contributed by atoms with E-state index in [9.17, 15) is 4.39 Å². The Labute approximate surface area is 97.0 Å². The van der Waals surface area contributed by atoms with Crippen molar-refractivity contribution >= 4 is 11.3 Å². The predicted molar refractivity (Wildman–Crippen MR) is 61.6 cm³/mol. The maximum absolute atomic E-state index is 12.8. The summed E-state index contributed by atoms with van der Waals surface area (Å²) in [6.45, 7) is 2.02. The maximum atomic E-state index is 12.8. The van der Waals surface area contributed by atoms with E-state index in [0.717, 1.165) is 22.6 Å². The molecule has 0 bridgehead atoms. The van der Waals surface area contributed by atoms with E-state index in [1.807, 2.05) is 13.0 Å². The van der Waals surface area contributed by atoms with Crippen molar-refractivity contribution in [2.24, 2.45) is 0 Å². The van der Waals surface area contributed by atoms with Gasteiger partial charge >= 0.3 is 0 Å². The fourth-order valence-electron chi connectivity index (χ4n) is 1.47. The number of hydrogen-bond donors (Lipinski definition) is 0. The Balaban J connectivity index is 2.51. The summed E-state index contributed by atoms with van der Waals surface area (Å²) in [5.74, 6) is -0.266. The van der Waals surface area contributed by atoms with Gasteiger partial charge in [-0.15, -0.1) is 11.3 Å². The molecule has 2 rings (SSSR count). The molecular formula is C12H9FN2S. The quantitative estimate of drug-likeness (QED) is 0.795. The third-order valence-electron chi connectivity index (χ3n) is 2.23. The first-order chi connectivity index (χ1) is 7.74. The largest absolute Gasteiger partial charge is 0.226 e. The Hall–Kier alpha value is -1.73. The second kappa shape index (κ2) is 4.42. The smallest absolute Gasteiger partial charge is 0.195 e. The lowest BCUT2D eigenvalue weighted by Crippen LogP contribution is -1.84. The first-order valence-electron chi connectivity index (χ1n) is 4.90. The summed E-state index contributed by atoms with van der Waals surface area (Å²) < 4.78 is 12.8. The van der Waals surface area contributed by atoms with Gasteiger partial charge in [0.05, 0.1) is 5.69 Å². The van der Waals surface area contributed by atoms with Crippen molar-refractivity contribution < 1.29 is 4.39 Å². The number of benzene rings is 1. The third-order valence-corrected chi connectivity index (χ3v) is 3.34. The summed E-state index contributed by atoms with van der Waals surface area (Å²) in [4.78, 5) is 5.29. The van der Waals surface area contributed by atoms with Crippen molar-refractivity contribution in [2.75, 3.05) is 0 Å². The molecule has 0 radical (unpaired) electrons. The van der Waals surface area contributed by atoms with Crippen molar-refractivity contribution in [3.05, 3.63) is 40.0 Å². The monoisotopic (exact) mass is 232 g/mol. The molecule has 0 atom stereocenters. The van der Waals surface area contributed by atoms with Crippen LogP contribution in [0.1, 0.15) is 16.8 Å². The summed E-state index contributed by atoms with van der Waals surface area (Å²) >= 11 is 1.39. The van der Waals surface area contributed by atoms with Crippen molar-refractivity contribution in [3.63, 3.8) is 0 Å². The lowest BCUT2D eigenvalue weighted by atomic mass is 10.1. The van der Waals surface area contributed by atoms with Crippen LogP contribution >= 0.6 is 11.3 Å². The van der Waals surface area contributed by atoms with Crippen LogP contribution in [0.5, 0.6) is 0 Å². The van der Waals surface area contributed by atoms with E-state index in [0.29, 0.717) is 5.01 Å². The molecule has 0 aliphatic heterocycles. The molecule has 0 amide bonds. The van der Waals surface area contributed by atoms with Gasteiger partial charge in [0.25, 0.3) is 0 Å². The molecule has 0 fully saturated rings. The lowest BCUT2D eigenvalue weighted by molar-refractivity contribution is 0.628. The van der Waals surface area contributed by atoms with Gasteiger partial charge in [0.1, 0.15) is 11.9 Å². The van der Waals surface area contributed by atoms with E-state index >= 15 is 0 Å². The van der Waals surface area contributed by atoms with Crippen LogP contribution in [-0.4, -0.2) is 4.98 Å². The molecule has 4 heteroatoms. The first-order valence-corrected chi connectivity index (χ1v) is 5.72. The Morgan fingerprint density at radius 3 is 2.62 bits per heavy atom. The minimum atomic E-state index is -0.266. The molecule has 1 heterocycles. The Kier molecular flexibility index (Phi) is 2.97. The maximum Gasteiger partial charge on any atom is 0.195 e. The van der Waals surface area contributed by atoms with Crippen LogP contribution in [0.3, 0.4) is 0 Å².